The molecule has 0 saturated carbocycles. The Morgan fingerprint density at radius 1 is 1.33 bits per heavy atom. The molecule has 0 aliphatic carbocycles. The van der Waals surface area contributed by atoms with Crippen molar-refractivity contribution in [1.29, 1.82) is 0 Å². The summed E-state index contributed by atoms with van der Waals surface area (Å²) in [6.07, 6.45) is 0. The lowest BCUT2D eigenvalue weighted by Crippen LogP contribution is -2.18. The lowest BCUT2D eigenvalue weighted by atomic mass is 11.2. The van der Waals surface area contributed by atoms with Gasteiger partial charge in [-0.3, -0.25) is 10.9 Å². The molecule has 2 N–H and O–H groups in total. The van der Waals surface area contributed by atoms with Crippen LogP contribution in [0, 0.1) is 0 Å². The number of hydrogen-bond donors (Lipinski definition) is 1. The third-order valence-electron chi connectivity index (χ3n) is 0. The van der Waals surface area contributed by atoms with Crippen molar-refractivity contribution in [3.63, 3.8) is 0 Å². The van der Waals surface area contributed by atoms with E-state index in [0.717, 1.165) is 0 Å². The molecule has 0 aromatic rings. The van der Waals surface area contributed by atoms with Crippen LogP contribution in [-0.2, 0) is 0 Å². The highest BCUT2D eigenvalue weighted by Crippen LogP contribution is 1.37. The van der Waals surface area contributed by atoms with Gasteiger partial charge in [0.2, 0.25) is 0 Å². The molecule has 0 amide bonds. The van der Waals surface area contributed by atoms with Crippen LogP contribution in [0.1, 0.15) is 0 Å². The van der Waals surface area contributed by atoms with Crippen molar-refractivity contribution in [1.82, 2.24) is 5.01 Å². The van der Waals surface area contributed by atoms with E-state index in [2.05, 4.69) is 13.2 Å². The number of rotatable bonds is 0. The highest BCUT2D eigenvalue weighted by molar-refractivity contribution is 4.22. The van der Waals surface area contributed by atoms with Crippen molar-refractivity contribution < 1.29 is 0 Å². The summed E-state index contributed by atoms with van der Waals surface area (Å²) in [5.74, 6) is 4.94. The molecule has 0 heterocycles. The maximum Gasteiger partial charge on any atom is 0.00105 e. The molecule has 2 nitrogen and oxygen atoms in total. The second-order valence-electron chi connectivity index (χ2n) is 0.964. The molecule has 2 heteroatoms. The van der Waals surface area contributed by atoms with E-state index in [1.54, 1.807) is 14.1 Å². The molecule has 0 aromatic carbocycles. The van der Waals surface area contributed by atoms with Gasteiger partial charge in [0, 0.05) is 14.1 Å². The van der Waals surface area contributed by atoms with Crippen molar-refractivity contribution >= 4 is 0 Å². The van der Waals surface area contributed by atoms with Crippen molar-refractivity contribution in [3.8, 4) is 0 Å². The van der Waals surface area contributed by atoms with Crippen LogP contribution in [0.2, 0.25) is 0 Å². The Labute approximate surface area is 39.2 Å². The van der Waals surface area contributed by atoms with E-state index in [1.165, 1.54) is 5.01 Å². The first-order valence-corrected chi connectivity index (χ1v) is 1.65. The fraction of sp³-hybridized carbons (Fsp3) is 0.500. The summed E-state index contributed by atoms with van der Waals surface area (Å²) in [5, 5.41) is 1.50. The standard InChI is InChI=1S/C2H8N2.C2H4/c1-4(2)3;1-2/h3H2,1-2H3;1-2H2. The average Bonchev–Trinajstić information content (AvgIpc) is 1.41. The topological polar surface area (TPSA) is 29.3 Å². The number of hydrogen-bond acceptors (Lipinski definition) is 2. The first-order chi connectivity index (χ1) is 2.73. The Hall–Kier alpha value is -0.340. The number of nitrogens with zero attached hydrogens (tertiary/aromatic N) is 1. The Bertz CT molecular complexity index is 16.8. The molecule has 0 bridgehead atoms. The summed E-state index contributed by atoms with van der Waals surface area (Å²) < 4.78 is 0. The van der Waals surface area contributed by atoms with Crippen LogP contribution >= 0.6 is 0 Å². The quantitative estimate of drug-likeness (QED) is 0.261. The fourth-order valence-electron chi connectivity index (χ4n) is 0. The zero-order chi connectivity index (χ0) is 5.58. The van der Waals surface area contributed by atoms with Crippen LogP contribution < -0.4 is 5.84 Å². The molecule has 0 aliphatic rings. The van der Waals surface area contributed by atoms with Crippen LogP contribution in [0.15, 0.2) is 13.2 Å². The summed E-state index contributed by atoms with van der Waals surface area (Å²) in [7, 11) is 3.56. The highest BCUT2D eigenvalue weighted by atomic mass is 15.4. The van der Waals surface area contributed by atoms with Crippen LogP contribution in [0.4, 0.5) is 0 Å². The lowest BCUT2D eigenvalue weighted by molar-refractivity contribution is 0.432. The molecule has 0 aliphatic heterocycles. The van der Waals surface area contributed by atoms with Gasteiger partial charge >= 0.3 is 0 Å². The first kappa shape index (κ1) is 9.18. The Morgan fingerprint density at radius 3 is 1.33 bits per heavy atom. The molecule has 0 rings (SSSR count). The maximum absolute atomic E-state index is 4.94. The van der Waals surface area contributed by atoms with Gasteiger partial charge in [-0.2, -0.15) is 0 Å². The largest absolute Gasteiger partial charge is 0.269 e. The molecule has 0 spiro atoms. The van der Waals surface area contributed by atoms with Crippen LogP contribution in [0.3, 0.4) is 0 Å². The van der Waals surface area contributed by atoms with E-state index >= 15 is 0 Å². The van der Waals surface area contributed by atoms with Gasteiger partial charge in [-0.15, -0.1) is 13.2 Å². The van der Waals surface area contributed by atoms with E-state index in [0.29, 0.717) is 0 Å². The Balaban J connectivity index is 0. The minimum absolute atomic E-state index is 1.50. The van der Waals surface area contributed by atoms with Crippen molar-refractivity contribution in [2.45, 2.75) is 0 Å². The van der Waals surface area contributed by atoms with E-state index in [9.17, 15) is 0 Å². The van der Waals surface area contributed by atoms with Gasteiger partial charge in [0.1, 0.15) is 0 Å². The molecular formula is C4H12N2. The number of hydrazine groups is 1. The SMILES string of the molecule is C=C.CN(C)N. The lowest BCUT2D eigenvalue weighted by Gasteiger charge is -1.91. The van der Waals surface area contributed by atoms with Crippen LogP contribution in [0.5, 0.6) is 0 Å². The minimum Gasteiger partial charge on any atom is -0.269 e. The first-order valence-electron chi connectivity index (χ1n) is 1.65. The molecule has 0 atom stereocenters. The second-order valence-corrected chi connectivity index (χ2v) is 0.964. The zero-order valence-corrected chi connectivity index (χ0v) is 4.44. The molecule has 0 aromatic heterocycles. The minimum atomic E-state index is 1.50. The molecule has 0 saturated heterocycles. The van der Waals surface area contributed by atoms with E-state index in [-0.39, 0.29) is 0 Å². The number of nitrogens with two attached hydrogens (primary N) is 1. The van der Waals surface area contributed by atoms with Crippen molar-refractivity contribution in [2.24, 2.45) is 5.84 Å². The van der Waals surface area contributed by atoms with Gasteiger partial charge in [-0.05, 0) is 0 Å². The summed E-state index contributed by atoms with van der Waals surface area (Å²) in [6, 6.07) is 0. The maximum atomic E-state index is 4.94. The van der Waals surface area contributed by atoms with Gasteiger partial charge in [0.15, 0.2) is 0 Å². The average molecular weight is 88.2 g/mol. The van der Waals surface area contributed by atoms with Gasteiger partial charge in [-0.25, -0.2) is 0 Å². The summed E-state index contributed by atoms with van der Waals surface area (Å²) in [4.78, 5) is 0. The highest BCUT2D eigenvalue weighted by Gasteiger charge is 1.57. The molecule has 0 radical (unpaired) electrons. The Morgan fingerprint density at radius 2 is 1.33 bits per heavy atom. The van der Waals surface area contributed by atoms with Gasteiger partial charge in [-0.1, -0.05) is 0 Å². The van der Waals surface area contributed by atoms with E-state index in [1.807, 2.05) is 0 Å². The summed E-state index contributed by atoms with van der Waals surface area (Å²) in [6.45, 7) is 6.00. The predicted molar refractivity (Wildman–Crippen MR) is 29.1 cm³/mol. The molecule has 0 unspecified atom stereocenters. The monoisotopic (exact) mass is 88.1 g/mol. The normalized spacial score (nSPS) is 6.67. The second kappa shape index (κ2) is 8.82. The molecular weight excluding hydrogens is 76.1 g/mol. The van der Waals surface area contributed by atoms with Crippen molar-refractivity contribution in [2.75, 3.05) is 14.1 Å². The smallest absolute Gasteiger partial charge is 0.00105 e. The van der Waals surface area contributed by atoms with E-state index in [4.69, 9.17) is 5.84 Å². The van der Waals surface area contributed by atoms with Crippen LogP contribution in [-0.4, -0.2) is 19.1 Å². The van der Waals surface area contributed by atoms with Gasteiger partial charge in [0.05, 0.1) is 0 Å². The third kappa shape index (κ3) is 224. The molecule has 38 valence electrons. The zero-order valence-electron chi connectivity index (χ0n) is 4.44. The molecule has 0 fully saturated rings. The fourth-order valence-corrected chi connectivity index (χ4v) is 0. The summed E-state index contributed by atoms with van der Waals surface area (Å²) >= 11 is 0. The third-order valence-corrected chi connectivity index (χ3v) is 0. The Kier molecular flexibility index (Phi) is 13.5. The van der Waals surface area contributed by atoms with Gasteiger partial charge < -0.3 is 0 Å². The summed E-state index contributed by atoms with van der Waals surface area (Å²) in [5.41, 5.74) is 0. The van der Waals surface area contributed by atoms with Crippen LogP contribution in [0.25, 0.3) is 0 Å². The molecule has 6 heavy (non-hydrogen) atoms. The predicted octanol–water partition coefficient (Wildman–Crippen LogP) is 0.224. The van der Waals surface area contributed by atoms with Crippen molar-refractivity contribution in [3.05, 3.63) is 13.2 Å². The van der Waals surface area contributed by atoms with E-state index < -0.39 is 0 Å². The van der Waals surface area contributed by atoms with Gasteiger partial charge in [0.25, 0.3) is 0 Å².